The van der Waals surface area contributed by atoms with E-state index in [1.54, 1.807) is 26.0 Å². The monoisotopic (exact) mass is 501 g/mol. The van der Waals surface area contributed by atoms with Crippen LogP contribution in [0, 0.1) is 13.8 Å². The van der Waals surface area contributed by atoms with Gasteiger partial charge in [-0.25, -0.2) is 9.59 Å². The Hall–Kier alpha value is -4.52. The molecule has 0 bridgehead atoms. The predicted octanol–water partition coefficient (Wildman–Crippen LogP) is 6.68. The lowest BCUT2D eigenvalue weighted by molar-refractivity contribution is -0.156. The Morgan fingerprint density at radius 3 is 1.59 bits per heavy atom. The van der Waals surface area contributed by atoms with Crippen molar-refractivity contribution in [3.63, 3.8) is 0 Å². The van der Waals surface area contributed by atoms with Crippen molar-refractivity contribution in [2.75, 3.05) is 4.90 Å². The van der Waals surface area contributed by atoms with Gasteiger partial charge in [0, 0.05) is 55.2 Å². The van der Waals surface area contributed by atoms with E-state index in [-0.39, 0.29) is 0 Å². The van der Waals surface area contributed by atoms with Crippen LogP contribution in [0.4, 0.5) is 17.1 Å². The first-order valence-electron chi connectivity index (χ1n) is 11.8. The van der Waals surface area contributed by atoms with E-state index in [1.165, 1.54) is 5.56 Å². The van der Waals surface area contributed by atoms with Crippen molar-refractivity contribution in [2.45, 2.75) is 40.3 Å². The molecule has 0 saturated heterocycles. The highest BCUT2D eigenvalue weighted by atomic mass is 16.7. The molecule has 0 aliphatic carbocycles. The minimum Gasteiger partial charge on any atom is -0.455 e. The van der Waals surface area contributed by atoms with Crippen LogP contribution < -0.4 is 14.4 Å². The summed E-state index contributed by atoms with van der Waals surface area (Å²) in [6, 6.07) is 21.1. The Labute approximate surface area is 217 Å². The largest absolute Gasteiger partial charge is 0.455 e. The van der Waals surface area contributed by atoms with Gasteiger partial charge in [-0.3, -0.25) is 0 Å². The van der Waals surface area contributed by atoms with Gasteiger partial charge in [0.25, 0.3) is 0 Å². The number of carbonyl (C=O) groups excluding carboxylic acids is 2. The normalized spacial score (nSPS) is 12.0. The van der Waals surface area contributed by atoms with E-state index in [0.29, 0.717) is 11.5 Å². The van der Waals surface area contributed by atoms with E-state index < -0.39 is 24.5 Å². The van der Waals surface area contributed by atoms with Gasteiger partial charge in [-0.1, -0.05) is 31.4 Å². The summed E-state index contributed by atoms with van der Waals surface area (Å²) in [5.74, 6) is -0.0865. The van der Waals surface area contributed by atoms with Gasteiger partial charge < -0.3 is 23.8 Å². The van der Waals surface area contributed by atoms with Gasteiger partial charge in [-0.05, 0) is 61.4 Å². The van der Waals surface area contributed by atoms with E-state index in [1.807, 2.05) is 47.4 Å². The molecule has 192 valence electrons. The number of ether oxygens (including phenoxy) is 4. The third kappa shape index (κ3) is 7.48. The number of hydrogen-bond donors (Lipinski definition) is 0. The maximum absolute atomic E-state index is 11.5. The van der Waals surface area contributed by atoms with Gasteiger partial charge in [0.1, 0.15) is 11.5 Å². The van der Waals surface area contributed by atoms with Gasteiger partial charge in [0.05, 0.1) is 0 Å². The zero-order valence-electron chi connectivity index (χ0n) is 21.5. The van der Waals surface area contributed by atoms with E-state index in [9.17, 15) is 9.59 Å². The predicted molar refractivity (Wildman–Crippen MR) is 143 cm³/mol. The van der Waals surface area contributed by atoms with Crippen LogP contribution in [0.3, 0.4) is 0 Å². The Morgan fingerprint density at radius 2 is 1.16 bits per heavy atom. The lowest BCUT2D eigenvalue weighted by Gasteiger charge is -2.27. The molecular formula is C30H31NO6. The number of nitrogens with zero attached hydrogens (tertiary/aromatic N) is 1. The maximum atomic E-state index is 11.5. The number of carbonyl (C=O) groups is 2. The van der Waals surface area contributed by atoms with Crippen LogP contribution in [0.1, 0.15) is 25.0 Å². The highest BCUT2D eigenvalue weighted by Gasteiger charge is 2.17. The molecule has 2 unspecified atom stereocenters. The second kappa shape index (κ2) is 12.4. The van der Waals surface area contributed by atoms with E-state index in [0.717, 1.165) is 34.8 Å². The van der Waals surface area contributed by atoms with E-state index >= 15 is 0 Å². The van der Waals surface area contributed by atoms with Gasteiger partial charge in [-0.2, -0.15) is 0 Å². The Kier molecular flexibility index (Phi) is 9.11. The van der Waals surface area contributed by atoms with Crippen LogP contribution in [-0.2, 0) is 19.1 Å². The van der Waals surface area contributed by atoms with Crippen LogP contribution in [0.15, 0.2) is 92.0 Å². The molecule has 0 radical (unpaired) electrons. The van der Waals surface area contributed by atoms with Crippen molar-refractivity contribution in [3.8, 4) is 11.5 Å². The minimum absolute atomic E-state index is 0.521. The zero-order chi connectivity index (χ0) is 26.9. The maximum Gasteiger partial charge on any atom is 0.333 e. The summed E-state index contributed by atoms with van der Waals surface area (Å²) >= 11 is 0. The summed E-state index contributed by atoms with van der Waals surface area (Å²) in [6.07, 6.45) is 0.581. The first-order chi connectivity index (χ1) is 17.7. The summed E-state index contributed by atoms with van der Waals surface area (Å²) in [4.78, 5) is 25.1. The number of rotatable bonds is 11. The van der Waals surface area contributed by atoms with Crippen molar-refractivity contribution in [3.05, 3.63) is 103 Å². The molecule has 3 aromatic rings. The van der Waals surface area contributed by atoms with Crippen LogP contribution in [0.2, 0.25) is 0 Å². The molecule has 0 heterocycles. The molecule has 0 N–H and O–H groups in total. The molecule has 3 rings (SSSR count). The van der Waals surface area contributed by atoms with Crippen LogP contribution in [0.25, 0.3) is 0 Å². The molecule has 0 saturated carbocycles. The Balaban J connectivity index is 1.98. The highest BCUT2D eigenvalue weighted by molar-refractivity contribution is 5.82. The van der Waals surface area contributed by atoms with Crippen molar-refractivity contribution < 1.29 is 28.5 Å². The summed E-state index contributed by atoms with van der Waals surface area (Å²) in [5.41, 5.74) is 4.86. The molecule has 2 atom stereocenters. The number of anilines is 3. The summed E-state index contributed by atoms with van der Waals surface area (Å²) < 4.78 is 21.9. The third-order valence-electron chi connectivity index (χ3n) is 5.40. The van der Waals surface area contributed by atoms with E-state index in [4.69, 9.17) is 18.9 Å². The second-order valence-electron chi connectivity index (χ2n) is 8.25. The number of esters is 2. The molecule has 3 aromatic carbocycles. The smallest absolute Gasteiger partial charge is 0.333 e. The first-order valence-corrected chi connectivity index (χ1v) is 11.8. The fraction of sp³-hybridized carbons (Fsp3) is 0.200. The van der Waals surface area contributed by atoms with E-state index in [2.05, 4.69) is 39.1 Å². The van der Waals surface area contributed by atoms with Gasteiger partial charge in [0.2, 0.25) is 12.6 Å². The van der Waals surface area contributed by atoms with Crippen molar-refractivity contribution in [1.29, 1.82) is 0 Å². The molecular weight excluding hydrogens is 470 g/mol. The molecule has 0 fully saturated rings. The lowest BCUT2D eigenvalue weighted by Crippen LogP contribution is -2.20. The fourth-order valence-corrected chi connectivity index (χ4v) is 3.56. The average molecular weight is 502 g/mol. The van der Waals surface area contributed by atoms with Gasteiger partial charge in [0.15, 0.2) is 0 Å². The van der Waals surface area contributed by atoms with Crippen LogP contribution >= 0.6 is 0 Å². The van der Waals surface area contributed by atoms with Crippen molar-refractivity contribution in [1.82, 2.24) is 0 Å². The molecule has 0 spiro atoms. The van der Waals surface area contributed by atoms with Crippen molar-refractivity contribution >= 4 is 29.0 Å². The minimum atomic E-state index is -0.799. The molecule has 7 heteroatoms. The topological polar surface area (TPSA) is 74.3 Å². The van der Waals surface area contributed by atoms with Gasteiger partial charge in [-0.15, -0.1) is 0 Å². The Bertz CT molecular complexity index is 1210. The third-order valence-corrected chi connectivity index (χ3v) is 5.40. The number of benzene rings is 3. The Morgan fingerprint density at radius 1 is 0.703 bits per heavy atom. The fourth-order valence-electron chi connectivity index (χ4n) is 3.56. The van der Waals surface area contributed by atoms with Gasteiger partial charge >= 0.3 is 11.9 Å². The van der Waals surface area contributed by atoms with Crippen LogP contribution in [0.5, 0.6) is 11.5 Å². The molecule has 0 amide bonds. The summed E-state index contributed by atoms with van der Waals surface area (Å²) in [5, 5.41) is 0. The second-order valence-corrected chi connectivity index (χ2v) is 8.25. The average Bonchev–Trinajstić information content (AvgIpc) is 2.86. The van der Waals surface area contributed by atoms with Crippen molar-refractivity contribution in [2.24, 2.45) is 0 Å². The standard InChI is InChI=1S/C30H31NO6/c1-7-29(32)36-22(5)34-27-13-9-11-24(18-27)31(26-16-15-20(3)21(4)17-26)25-12-10-14-28(19-25)35-23(6)37-30(33)8-2/h7-19,22-23H,1-2H2,3-6H3. The SMILES string of the molecule is C=CC(=O)OC(C)Oc1cccc(N(c2cccc(OC(C)OC(=O)C=C)c2)c2ccc(C)c(C)c2)c1. The lowest BCUT2D eigenvalue weighted by atomic mass is 10.1. The zero-order valence-corrected chi connectivity index (χ0v) is 21.5. The molecule has 0 aliphatic heterocycles. The molecule has 0 aliphatic rings. The molecule has 37 heavy (non-hydrogen) atoms. The van der Waals surface area contributed by atoms with Crippen LogP contribution in [-0.4, -0.2) is 24.5 Å². The molecule has 0 aromatic heterocycles. The highest BCUT2D eigenvalue weighted by Crippen LogP contribution is 2.38. The summed E-state index contributed by atoms with van der Waals surface area (Å²) in [7, 11) is 0. The first kappa shape index (κ1) is 27.1. The number of aryl methyl sites for hydroxylation is 2. The molecule has 7 nitrogen and oxygen atoms in total. The summed E-state index contributed by atoms with van der Waals surface area (Å²) in [6.45, 7) is 14.2. The quantitative estimate of drug-likeness (QED) is 0.165. The number of hydrogen-bond acceptors (Lipinski definition) is 7.